The van der Waals surface area contributed by atoms with Crippen molar-refractivity contribution in [1.82, 2.24) is 25.5 Å². The molecule has 0 aliphatic carbocycles. The summed E-state index contributed by atoms with van der Waals surface area (Å²) in [5, 5.41) is 6.26. The second-order valence-corrected chi connectivity index (χ2v) is 8.59. The van der Waals surface area contributed by atoms with E-state index in [0.29, 0.717) is 42.3 Å². The van der Waals surface area contributed by atoms with Gasteiger partial charge in [-0.1, -0.05) is 25.4 Å². The summed E-state index contributed by atoms with van der Waals surface area (Å²) in [6, 6.07) is 6.06. The number of benzene rings is 1. The second-order valence-electron chi connectivity index (χ2n) is 8.15. The Balaban J connectivity index is 1.82. The summed E-state index contributed by atoms with van der Waals surface area (Å²) < 4.78 is 5.92. The number of hydrogen-bond donors (Lipinski definition) is 2. The maximum atomic E-state index is 12.9. The lowest BCUT2D eigenvalue weighted by Crippen LogP contribution is -2.48. The van der Waals surface area contributed by atoms with E-state index in [1.165, 1.54) is 23.5 Å². The van der Waals surface area contributed by atoms with Gasteiger partial charge in [0, 0.05) is 24.3 Å². The Morgan fingerprint density at radius 3 is 2.79 bits per heavy atom. The Kier molecular flexibility index (Phi) is 8.59. The fourth-order valence-electron chi connectivity index (χ4n) is 3.37. The number of nitrogens with zero attached hydrogens (tertiary/aromatic N) is 3. The molecule has 1 aromatic carbocycles. The molecule has 0 radical (unpaired) electrons. The molecule has 0 saturated carbocycles. The minimum Gasteiger partial charge on any atom is -0.491 e. The molecule has 2 heterocycles. The largest absolute Gasteiger partial charge is 0.491 e. The summed E-state index contributed by atoms with van der Waals surface area (Å²) in [6.45, 7) is 4.72. The van der Waals surface area contributed by atoms with Crippen molar-refractivity contribution >= 4 is 29.3 Å². The van der Waals surface area contributed by atoms with Crippen molar-refractivity contribution < 1.29 is 19.1 Å². The summed E-state index contributed by atoms with van der Waals surface area (Å²) in [5.74, 6) is -0.478. The molecule has 3 amide bonds. The summed E-state index contributed by atoms with van der Waals surface area (Å²) in [7, 11) is 0. The summed E-state index contributed by atoms with van der Waals surface area (Å²) in [6.07, 6.45) is 4.00. The Hall–Kier alpha value is -3.20. The van der Waals surface area contributed by atoms with E-state index in [4.69, 9.17) is 16.3 Å². The highest BCUT2D eigenvalue weighted by Gasteiger charge is 2.24. The Bertz CT molecular complexity index is 986. The number of nitrogens with one attached hydrogen (secondary N) is 2. The van der Waals surface area contributed by atoms with E-state index in [2.05, 4.69) is 20.6 Å². The van der Waals surface area contributed by atoms with Gasteiger partial charge in [-0.2, -0.15) is 0 Å². The normalized spacial score (nSPS) is 18.3. The topological polar surface area (TPSA) is 114 Å². The lowest BCUT2D eigenvalue weighted by atomic mass is 10.1. The highest BCUT2D eigenvalue weighted by molar-refractivity contribution is 6.31. The SMILES string of the molecule is CC(C)[C@@H]1COc2ccc(Cl)cc2C(=O)NCCCCN(C(=O)c2ccncn2)CC(=O)N1. The number of carbonyl (C=O) groups excluding carboxylic acids is 3. The lowest BCUT2D eigenvalue weighted by Gasteiger charge is -2.26. The van der Waals surface area contributed by atoms with Gasteiger partial charge >= 0.3 is 0 Å². The minimum atomic E-state index is -0.347. The Morgan fingerprint density at radius 1 is 1.24 bits per heavy atom. The number of aromatic nitrogens is 2. The first-order valence-corrected chi connectivity index (χ1v) is 11.3. The van der Waals surface area contributed by atoms with Gasteiger partial charge in [0.2, 0.25) is 5.91 Å². The van der Waals surface area contributed by atoms with Crippen LogP contribution < -0.4 is 15.4 Å². The zero-order valence-electron chi connectivity index (χ0n) is 18.7. The van der Waals surface area contributed by atoms with E-state index in [-0.39, 0.29) is 48.5 Å². The van der Waals surface area contributed by atoms with E-state index >= 15 is 0 Å². The molecule has 33 heavy (non-hydrogen) atoms. The molecule has 9 nitrogen and oxygen atoms in total. The summed E-state index contributed by atoms with van der Waals surface area (Å²) in [4.78, 5) is 47.8. The number of fused-ring (bicyclic) bond motifs is 1. The first-order chi connectivity index (χ1) is 15.8. The van der Waals surface area contributed by atoms with Gasteiger partial charge in [-0.25, -0.2) is 9.97 Å². The fourth-order valence-corrected chi connectivity index (χ4v) is 3.54. The van der Waals surface area contributed by atoms with Gasteiger partial charge in [-0.05, 0) is 43.0 Å². The number of hydrogen-bond acceptors (Lipinski definition) is 6. The van der Waals surface area contributed by atoms with Crippen LogP contribution in [0.2, 0.25) is 5.02 Å². The number of ether oxygens (including phenoxy) is 1. The summed E-state index contributed by atoms with van der Waals surface area (Å²) >= 11 is 6.09. The van der Waals surface area contributed by atoms with Crippen molar-refractivity contribution in [3.63, 3.8) is 0 Å². The Morgan fingerprint density at radius 2 is 2.06 bits per heavy atom. The minimum absolute atomic E-state index is 0.0558. The Labute approximate surface area is 197 Å². The van der Waals surface area contributed by atoms with Crippen molar-refractivity contribution in [1.29, 1.82) is 0 Å². The van der Waals surface area contributed by atoms with E-state index in [1.54, 1.807) is 18.2 Å². The molecule has 1 atom stereocenters. The fraction of sp³-hybridized carbons (Fsp3) is 0.435. The second kappa shape index (κ2) is 11.6. The predicted molar refractivity (Wildman–Crippen MR) is 123 cm³/mol. The van der Waals surface area contributed by atoms with Gasteiger partial charge in [0.1, 0.15) is 24.4 Å². The van der Waals surface area contributed by atoms with Crippen molar-refractivity contribution in [2.45, 2.75) is 32.7 Å². The summed E-state index contributed by atoms with van der Waals surface area (Å²) in [5.41, 5.74) is 0.562. The molecule has 0 unspecified atom stereocenters. The van der Waals surface area contributed by atoms with Crippen molar-refractivity contribution in [3.8, 4) is 5.75 Å². The van der Waals surface area contributed by atoms with Crippen LogP contribution in [0, 0.1) is 5.92 Å². The molecule has 2 aromatic rings. The van der Waals surface area contributed by atoms with E-state index in [1.807, 2.05) is 13.8 Å². The van der Waals surface area contributed by atoms with E-state index < -0.39 is 0 Å². The number of halogens is 1. The van der Waals surface area contributed by atoms with Crippen molar-refractivity contribution in [2.75, 3.05) is 26.2 Å². The van der Waals surface area contributed by atoms with Gasteiger partial charge in [0.25, 0.3) is 11.8 Å². The zero-order valence-corrected chi connectivity index (χ0v) is 19.5. The maximum absolute atomic E-state index is 12.9. The van der Waals surface area contributed by atoms with Crippen molar-refractivity contribution in [3.05, 3.63) is 53.1 Å². The highest BCUT2D eigenvalue weighted by Crippen LogP contribution is 2.23. The third-order valence-corrected chi connectivity index (χ3v) is 5.55. The molecule has 3 rings (SSSR count). The highest BCUT2D eigenvalue weighted by atomic mass is 35.5. The van der Waals surface area contributed by atoms with Crippen LogP contribution in [0.5, 0.6) is 5.75 Å². The van der Waals surface area contributed by atoms with Gasteiger partial charge in [0.15, 0.2) is 0 Å². The number of carbonyl (C=O) groups is 3. The van der Waals surface area contributed by atoms with Gasteiger partial charge in [-0.3, -0.25) is 14.4 Å². The first kappa shape index (κ1) is 24.4. The maximum Gasteiger partial charge on any atom is 0.273 e. The van der Waals surface area contributed by atoms with Crippen LogP contribution in [0.1, 0.15) is 47.5 Å². The molecule has 0 spiro atoms. The molecule has 1 aliphatic rings. The number of amides is 3. The molecular formula is C23H28ClN5O4. The molecular weight excluding hydrogens is 446 g/mol. The number of rotatable bonds is 2. The van der Waals surface area contributed by atoms with Crippen LogP contribution in [-0.4, -0.2) is 64.9 Å². The molecule has 1 aliphatic heterocycles. The molecule has 2 N–H and O–H groups in total. The lowest BCUT2D eigenvalue weighted by molar-refractivity contribution is -0.123. The molecule has 176 valence electrons. The molecule has 0 fully saturated rings. The van der Waals surface area contributed by atoms with Crippen LogP contribution in [0.3, 0.4) is 0 Å². The molecule has 0 saturated heterocycles. The van der Waals surface area contributed by atoms with Crippen LogP contribution in [0.15, 0.2) is 36.8 Å². The van der Waals surface area contributed by atoms with Gasteiger partial charge in [-0.15, -0.1) is 0 Å². The van der Waals surface area contributed by atoms with Crippen LogP contribution in [0.25, 0.3) is 0 Å². The van der Waals surface area contributed by atoms with Gasteiger partial charge < -0.3 is 20.3 Å². The zero-order chi connectivity index (χ0) is 23.8. The van der Waals surface area contributed by atoms with Crippen LogP contribution in [-0.2, 0) is 4.79 Å². The van der Waals surface area contributed by atoms with Crippen molar-refractivity contribution in [2.24, 2.45) is 5.92 Å². The standard InChI is InChI=1S/C23H28ClN5O4/c1-15(2)19-13-33-20-6-5-16(24)11-17(20)22(31)26-8-3-4-10-29(12-21(30)28-19)23(32)18-7-9-25-14-27-18/h5-7,9,11,14-15,19H,3-4,8,10,12-13H2,1-2H3,(H,26,31)(H,28,30)/t19-/m0/s1. The average Bonchev–Trinajstić information content (AvgIpc) is 2.81. The first-order valence-electron chi connectivity index (χ1n) is 10.9. The quantitative estimate of drug-likeness (QED) is 0.692. The monoisotopic (exact) mass is 473 g/mol. The van der Waals surface area contributed by atoms with Gasteiger partial charge in [0.05, 0.1) is 18.2 Å². The van der Waals surface area contributed by atoms with E-state index in [0.717, 1.165) is 0 Å². The van der Waals surface area contributed by atoms with E-state index in [9.17, 15) is 14.4 Å². The smallest absolute Gasteiger partial charge is 0.273 e. The molecule has 1 aromatic heterocycles. The average molecular weight is 474 g/mol. The van der Waals surface area contributed by atoms with Crippen LogP contribution in [0.4, 0.5) is 0 Å². The third kappa shape index (κ3) is 6.89. The predicted octanol–water partition coefficient (Wildman–Crippen LogP) is 2.32. The molecule has 0 bridgehead atoms. The molecule has 10 heteroatoms. The van der Waals surface area contributed by atoms with Crippen LogP contribution >= 0.6 is 11.6 Å². The third-order valence-electron chi connectivity index (χ3n) is 5.32.